The molecule has 9 heteroatoms. The summed E-state index contributed by atoms with van der Waals surface area (Å²) >= 11 is 0. The molecule has 3 aromatic rings. The van der Waals surface area contributed by atoms with E-state index in [4.69, 9.17) is 0 Å². The number of rotatable bonds is 6. The van der Waals surface area contributed by atoms with Crippen molar-refractivity contribution in [2.24, 2.45) is 4.99 Å². The quantitative estimate of drug-likeness (QED) is 0.303. The molecule has 0 bridgehead atoms. The van der Waals surface area contributed by atoms with Crippen LogP contribution >= 0.6 is 24.0 Å². The highest BCUT2D eigenvalue weighted by molar-refractivity contribution is 14.0. The van der Waals surface area contributed by atoms with Gasteiger partial charge in [0.2, 0.25) is 0 Å². The van der Waals surface area contributed by atoms with Gasteiger partial charge in [0.1, 0.15) is 0 Å². The fourth-order valence-corrected chi connectivity index (χ4v) is 2.84. The van der Waals surface area contributed by atoms with Gasteiger partial charge in [0.15, 0.2) is 17.4 Å². The Morgan fingerprint density at radius 3 is 2.72 bits per heavy atom. The van der Waals surface area contributed by atoms with Gasteiger partial charge in [-0.1, -0.05) is 18.2 Å². The van der Waals surface area contributed by atoms with E-state index in [1.807, 2.05) is 53.1 Å². The van der Waals surface area contributed by atoms with Crippen LogP contribution in [-0.4, -0.2) is 59.1 Å². The lowest BCUT2D eigenvalue weighted by Gasteiger charge is -2.13. The SMILES string of the molecule is CN=C(NCCc1cccc(C(=O)N(C)C)c1)NCc1nnc2ccccn12.I. The molecule has 0 unspecified atom stereocenters. The number of carbonyl (C=O) groups is 1. The smallest absolute Gasteiger partial charge is 0.253 e. The van der Waals surface area contributed by atoms with Crippen LogP contribution in [-0.2, 0) is 13.0 Å². The minimum atomic E-state index is 0. The molecule has 2 heterocycles. The zero-order valence-electron chi connectivity index (χ0n) is 16.8. The van der Waals surface area contributed by atoms with Crippen molar-refractivity contribution in [1.29, 1.82) is 0 Å². The molecule has 0 aliphatic heterocycles. The summed E-state index contributed by atoms with van der Waals surface area (Å²) in [7, 11) is 5.24. The Morgan fingerprint density at radius 2 is 1.97 bits per heavy atom. The molecule has 8 nitrogen and oxygen atoms in total. The maximum absolute atomic E-state index is 12.1. The standard InChI is InChI=1S/C20H25N7O.HI/c1-21-20(23-14-18-25-24-17-9-4-5-12-27(17)18)22-11-10-15-7-6-8-16(13-15)19(28)26(2)3;/h4-9,12-13H,10-11,14H2,1-3H3,(H2,21,22,23);1H. The summed E-state index contributed by atoms with van der Waals surface area (Å²) in [6.45, 7) is 1.21. The number of guanidine groups is 1. The molecular weight excluding hydrogens is 481 g/mol. The van der Waals surface area contributed by atoms with Crippen LogP contribution in [0.4, 0.5) is 0 Å². The van der Waals surface area contributed by atoms with Crippen LogP contribution in [0.1, 0.15) is 21.7 Å². The van der Waals surface area contributed by atoms with Crippen LogP contribution in [0.2, 0.25) is 0 Å². The van der Waals surface area contributed by atoms with Gasteiger partial charge in [0.25, 0.3) is 5.91 Å². The van der Waals surface area contributed by atoms with E-state index in [2.05, 4.69) is 25.8 Å². The molecule has 0 saturated carbocycles. The van der Waals surface area contributed by atoms with E-state index in [0.29, 0.717) is 24.6 Å². The first-order valence-corrected chi connectivity index (χ1v) is 9.12. The van der Waals surface area contributed by atoms with Gasteiger partial charge in [0.05, 0.1) is 6.54 Å². The monoisotopic (exact) mass is 507 g/mol. The lowest BCUT2D eigenvalue weighted by atomic mass is 10.1. The molecule has 3 rings (SSSR count). The number of amides is 1. The fourth-order valence-electron chi connectivity index (χ4n) is 2.84. The summed E-state index contributed by atoms with van der Waals surface area (Å²) in [4.78, 5) is 17.9. The normalized spacial score (nSPS) is 11.1. The minimum Gasteiger partial charge on any atom is -0.356 e. The van der Waals surface area contributed by atoms with Crippen LogP contribution < -0.4 is 10.6 Å². The number of aromatic nitrogens is 3. The van der Waals surface area contributed by atoms with E-state index in [-0.39, 0.29) is 29.9 Å². The van der Waals surface area contributed by atoms with Gasteiger partial charge in [-0.25, -0.2) is 0 Å². The first-order chi connectivity index (χ1) is 13.6. The molecule has 0 fully saturated rings. The number of hydrogen-bond donors (Lipinski definition) is 2. The third-order valence-electron chi connectivity index (χ3n) is 4.31. The van der Waals surface area contributed by atoms with E-state index in [1.54, 1.807) is 26.0 Å². The number of aliphatic imine (C=N–C) groups is 1. The van der Waals surface area contributed by atoms with Crippen molar-refractivity contribution in [3.05, 3.63) is 65.6 Å². The molecule has 0 aliphatic carbocycles. The highest BCUT2D eigenvalue weighted by Crippen LogP contribution is 2.08. The average molecular weight is 507 g/mol. The van der Waals surface area contributed by atoms with Gasteiger partial charge >= 0.3 is 0 Å². The molecule has 2 aromatic heterocycles. The zero-order chi connectivity index (χ0) is 19.9. The van der Waals surface area contributed by atoms with Crippen LogP contribution in [0.15, 0.2) is 53.7 Å². The van der Waals surface area contributed by atoms with Crippen molar-refractivity contribution < 1.29 is 4.79 Å². The first-order valence-electron chi connectivity index (χ1n) is 9.12. The van der Waals surface area contributed by atoms with Crippen molar-refractivity contribution >= 4 is 41.5 Å². The largest absolute Gasteiger partial charge is 0.356 e. The lowest BCUT2D eigenvalue weighted by Crippen LogP contribution is -2.38. The number of carbonyl (C=O) groups excluding carboxylic acids is 1. The number of benzene rings is 1. The second kappa shape index (κ2) is 10.7. The number of pyridine rings is 1. The van der Waals surface area contributed by atoms with Gasteiger partial charge in [-0.2, -0.15) is 0 Å². The topological polar surface area (TPSA) is 86.9 Å². The summed E-state index contributed by atoms with van der Waals surface area (Å²) in [5, 5.41) is 14.9. The molecule has 2 N–H and O–H groups in total. The van der Waals surface area contributed by atoms with Crippen molar-refractivity contribution in [3.8, 4) is 0 Å². The Kier molecular flexibility index (Phi) is 8.37. The van der Waals surface area contributed by atoms with Crippen molar-refractivity contribution in [1.82, 2.24) is 30.1 Å². The molecule has 0 spiro atoms. The predicted molar refractivity (Wildman–Crippen MR) is 125 cm³/mol. The van der Waals surface area contributed by atoms with Crippen LogP contribution in [0, 0.1) is 0 Å². The predicted octanol–water partition coefficient (Wildman–Crippen LogP) is 1.96. The maximum atomic E-state index is 12.1. The van der Waals surface area contributed by atoms with Crippen LogP contribution in [0.5, 0.6) is 0 Å². The third-order valence-corrected chi connectivity index (χ3v) is 4.31. The molecule has 1 aromatic carbocycles. The van der Waals surface area contributed by atoms with Gasteiger partial charge in [-0.05, 0) is 36.2 Å². The third kappa shape index (κ3) is 5.89. The Morgan fingerprint density at radius 1 is 1.14 bits per heavy atom. The molecule has 0 aliphatic rings. The lowest BCUT2D eigenvalue weighted by molar-refractivity contribution is 0.0827. The maximum Gasteiger partial charge on any atom is 0.253 e. The van der Waals surface area contributed by atoms with E-state index < -0.39 is 0 Å². The number of nitrogens with one attached hydrogen (secondary N) is 2. The Labute approximate surface area is 187 Å². The Bertz CT molecular complexity index is 984. The van der Waals surface area contributed by atoms with E-state index >= 15 is 0 Å². The second-order valence-corrected chi connectivity index (χ2v) is 6.55. The number of halogens is 1. The highest BCUT2D eigenvalue weighted by atomic mass is 127. The minimum absolute atomic E-state index is 0. The molecular formula is C20H26IN7O. The van der Waals surface area contributed by atoms with Gasteiger partial charge in [-0.15, -0.1) is 34.2 Å². The van der Waals surface area contributed by atoms with Crippen molar-refractivity contribution in [2.45, 2.75) is 13.0 Å². The number of hydrogen-bond acceptors (Lipinski definition) is 4. The fraction of sp³-hybridized carbons (Fsp3) is 0.300. The van der Waals surface area contributed by atoms with E-state index in [0.717, 1.165) is 23.5 Å². The molecule has 0 saturated heterocycles. The summed E-state index contributed by atoms with van der Waals surface area (Å²) < 4.78 is 1.94. The highest BCUT2D eigenvalue weighted by Gasteiger charge is 2.09. The van der Waals surface area contributed by atoms with Crippen LogP contribution in [0.3, 0.4) is 0 Å². The van der Waals surface area contributed by atoms with E-state index in [9.17, 15) is 4.79 Å². The summed E-state index contributed by atoms with van der Waals surface area (Å²) in [5.41, 5.74) is 2.61. The number of fused-ring (bicyclic) bond motifs is 1. The summed E-state index contributed by atoms with van der Waals surface area (Å²) in [6, 6.07) is 13.5. The molecule has 29 heavy (non-hydrogen) atoms. The van der Waals surface area contributed by atoms with E-state index in [1.165, 1.54) is 0 Å². The van der Waals surface area contributed by atoms with Gasteiger partial charge in [0, 0.05) is 39.4 Å². The first kappa shape index (κ1) is 22.6. The molecule has 0 atom stereocenters. The van der Waals surface area contributed by atoms with Crippen molar-refractivity contribution in [2.75, 3.05) is 27.7 Å². The van der Waals surface area contributed by atoms with Gasteiger partial charge < -0.3 is 15.5 Å². The van der Waals surface area contributed by atoms with Gasteiger partial charge in [-0.3, -0.25) is 14.2 Å². The van der Waals surface area contributed by atoms with Crippen LogP contribution in [0.25, 0.3) is 5.65 Å². The summed E-state index contributed by atoms with van der Waals surface area (Å²) in [6.07, 6.45) is 2.72. The Balaban J connectivity index is 0.00000300. The molecule has 1 amide bonds. The molecule has 154 valence electrons. The molecule has 0 radical (unpaired) electrons. The van der Waals surface area contributed by atoms with Crippen molar-refractivity contribution in [3.63, 3.8) is 0 Å². The number of nitrogens with zero attached hydrogens (tertiary/aromatic N) is 5. The Hall–Kier alpha value is -2.69. The zero-order valence-corrected chi connectivity index (χ0v) is 19.1. The summed E-state index contributed by atoms with van der Waals surface area (Å²) in [5.74, 6) is 1.51. The average Bonchev–Trinajstić information content (AvgIpc) is 3.13. The second-order valence-electron chi connectivity index (χ2n) is 6.55.